The first kappa shape index (κ1) is 16.1. The lowest BCUT2D eigenvalue weighted by Gasteiger charge is -2.39. The average molecular weight is 340 g/mol. The van der Waals surface area contributed by atoms with Crippen molar-refractivity contribution in [2.75, 3.05) is 31.1 Å². The molecule has 2 aliphatic heterocycles. The summed E-state index contributed by atoms with van der Waals surface area (Å²) in [7, 11) is 0. The Bertz CT molecular complexity index is 743. The second kappa shape index (κ2) is 6.50. The number of anilines is 1. The van der Waals surface area contributed by atoms with E-state index in [0.29, 0.717) is 24.3 Å². The maximum Gasteiger partial charge on any atom is 0.324 e. The van der Waals surface area contributed by atoms with Gasteiger partial charge in [0, 0.05) is 31.7 Å². The van der Waals surface area contributed by atoms with Crippen LogP contribution in [-0.2, 0) is 4.79 Å². The minimum absolute atomic E-state index is 0.269. The van der Waals surface area contributed by atoms with E-state index in [4.69, 9.17) is 4.52 Å². The lowest BCUT2D eigenvalue weighted by molar-refractivity contribution is -0.145. The lowest BCUT2D eigenvalue weighted by Crippen LogP contribution is -2.50. The summed E-state index contributed by atoms with van der Waals surface area (Å²) in [5, 5.41) is 4.10. The van der Waals surface area contributed by atoms with Crippen LogP contribution in [0.1, 0.15) is 32.6 Å². The molecule has 25 heavy (non-hydrogen) atoms. The quantitative estimate of drug-likeness (QED) is 0.856. The van der Waals surface area contributed by atoms with Crippen LogP contribution in [0.5, 0.6) is 0 Å². The molecular weight excluding hydrogens is 316 g/mol. The van der Waals surface area contributed by atoms with Crippen molar-refractivity contribution < 1.29 is 9.32 Å². The fraction of sp³-hybridized carbons (Fsp3) is 0.526. The molecule has 1 aromatic heterocycles. The van der Waals surface area contributed by atoms with Crippen LogP contribution >= 0.6 is 0 Å². The first-order chi connectivity index (χ1) is 12.2. The molecular formula is C19H24N4O2. The number of carbonyl (C=O) groups excluding carboxylic acids is 1. The highest BCUT2D eigenvalue weighted by molar-refractivity contribution is 5.85. The number of nitrogens with zero attached hydrogens (tertiary/aromatic N) is 4. The van der Waals surface area contributed by atoms with E-state index < -0.39 is 0 Å². The van der Waals surface area contributed by atoms with Crippen molar-refractivity contribution in [3.63, 3.8) is 0 Å². The molecule has 2 fully saturated rings. The third-order valence-electron chi connectivity index (χ3n) is 5.39. The van der Waals surface area contributed by atoms with Crippen molar-refractivity contribution in [2.24, 2.45) is 5.41 Å². The van der Waals surface area contributed by atoms with Crippen LogP contribution in [0.15, 0.2) is 34.9 Å². The molecule has 0 N–H and O–H groups in total. The van der Waals surface area contributed by atoms with Crippen LogP contribution in [0.3, 0.4) is 0 Å². The van der Waals surface area contributed by atoms with Gasteiger partial charge in [0.05, 0.1) is 5.41 Å². The van der Waals surface area contributed by atoms with Gasteiger partial charge in [0.1, 0.15) is 0 Å². The Morgan fingerprint density at radius 3 is 2.84 bits per heavy atom. The summed E-state index contributed by atoms with van der Waals surface area (Å²) in [6.45, 7) is 5.36. The number of amides is 1. The molecule has 3 heterocycles. The number of benzene rings is 1. The zero-order valence-electron chi connectivity index (χ0n) is 14.6. The number of hydrogen-bond donors (Lipinski definition) is 0. The van der Waals surface area contributed by atoms with Crippen molar-refractivity contribution >= 4 is 11.9 Å². The van der Waals surface area contributed by atoms with Crippen LogP contribution < -0.4 is 4.90 Å². The van der Waals surface area contributed by atoms with Crippen LogP contribution in [0, 0.1) is 5.41 Å². The highest BCUT2D eigenvalue weighted by Crippen LogP contribution is 2.41. The third-order valence-corrected chi connectivity index (χ3v) is 5.39. The van der Waals surface area contributed by atoms with Crippen LogP contribution in [0.2, 0.25) is 0 Å². The van der Waals surface area contributed by atoms with Gasteiger partial charge in [-0.15, -0.1) is 0 Å². The van der Waals surface area contributed by atoms with E-state index in [2.05, 4.69) is 22.0 Å². The van der Waals surface area contributed by atoms with Gasteiger partial charge in [-0.3, -0.25) is 4.79 Å². The second-order valence-corrected chi connectivity index (χ2v) is 7.11. The highest BCUT2D eigenvalue weighted by Gasteiger charge is 2.49. The molecule has 0 radical (unpaired) electrons. The molecule has 2 aromatic rings. The van der Waals surface area contributed by atoms with Gasteiger partial charge in [-0.1, -0.05) is 42.4 Å². The molecule has 1 spiro atoms. The molecule has 0 aliphatic carbocycles. The van der Waals surface area contributed by atoms with Crippen molar-refractivity contribution in [2.45, 2.75) is 32.6 Å². The average Bonchev–Trinajstić information content (AvgIpc) is 3.28. The Hall–Kier alpha value is -2.37. The smallest absolute Gasteiger partial charge is 0.324 e. The fourth-order valence-corrected chi connectivity index (χ4v) is 4.10. The maximum absolute atomic E-state index is 13.0. The van der Waals surface area contributed by atoms with Gasteiger partial charge in [-0.05, 0) is 25.7 Å². The molecule has 6 nitrogen and oxygen atoms in total. The van der Waals surface area contributed by atoms with E-state index in [-0.39, 0.29) is 5.41 Å². The number of likely N-dealkylation sites (tertiary alicyclic amines) is 1. The summed E-state index contributed by atoms with van der Waals surface area (Å²) < 4.78 is 5.49. The number of piperidine rings is 1. The molecule has 0 bridgehead atoms. The van der Waals surface area contributed by atoms with Crippen molar-refractivity contribution in [3.05, 3.63) is 30.3 Å². The Morgan fingerprint density at radius 2 is 2.04 bits per heavy atom. The summed E-state index contributed by atoms with van der Waals surface area (Å²) >= 11 is 0. The summed E-state index contributed by atoms with van der Waals surface area (Å²) in [6, 6.07) is 10.3. The minimum Gasteiger partial charge on any atom is -0.342 e. The number of carbonyl (C=O) groups is 1. The number of hydrogen-bond acceptors (Lipinski definition) is 5. The molecule has 1 aromatic carbocycles. The standard InChI is InChI=1S/C19H24N4O2/c1-2-11-22-12-6-9-19(17(22)24)10-13-23(14-19)18-20-16(21-25-18)15-7-4-3-5-8-15/h3-5,7-8H,2,6,9-14H2,1H3. The molecule has 4 rings (SSSR count). The SMILES string of the molecule is CCCN1CCCC2(CCN(c3nc(-c4ccccc4)no3)C2)C1=O. The first-order valence-corrected chi connectivity index (χ1v) is 9.15. The van der Waals surface area contributed by atoms with Crippen LogP contribution in [0.25, 0.3) is 11.4 Å². The van der Waals surface area contributed by atoms with Crippen molar-refractivity contribution in [1.82, 2.24) is 15.0 Å². The zero-order chi connectivity index (χ0) is 17.3. The lowest BCUT2D eigenvalue weighted by atomic mass is 9.78. The fourth-order valence-electron chi connectivity index (χ4n) is 4.10. The van der Waals surface area contributed by atoms with E-state index in [1.807, 2.05) is 35.2 Å². The van der Waals surface area contributed by atoms with E-state index in [9.17, 15) is 4.79 Å². The third kappa shape index (κ3) is 2.90. The number of rotatable bonds is 4. The van der Waals surface area contributed by atoms with Gasteiger partial charge in [0.15, 0.2) is 0 Å². The van der Waals surface area contributed by atoms with Gasteiger partial charge < -0.3 is 14.3 Å². The summed E-state index contributed by atoms with van der Waals surface area (Å²) in [5.74, 6) is 0.907. The maximum atomic E-state index is 13.0. The van der Waals surface area contributed by atoms with Gasteiger partial charge in [-0.2, -0.15) is 4.98 Å². The Kier molecular flexibility index (Phi) is 4.19. The Labute approximate surface area is 147 Å². The van der Waals surface area contributed by atoms with Crippen LogP contribution in [-0.4, -0.2) is 47.1 Å². The van der Waals surface area contributed by atoms with Gasteiger partial charge in [0.25, 0.3) is 0 Å². The van der Waals surface area contributed by atoms with Crippen molar-refractivity contribution in [1.29, 1.82) is 0 Å². The summed E-state index contributed by atoms with van der Waals surface area (Å²) in [4.78, 5) is 21.6. The topological polar surface area (TPSA) is 62.5 Å². The summed E-state index contributed by atoms with van der Waals surface area (Å²) in [5.41, 5.74) is 0.670. The van der Waals surface area contributed by atoms with Crippen molar-refractivity contribution in [3.8, 4) is 11.4 Å². The normalized spacial score (nSPS) is 23.6. The van der Waals surface area contributed by atoms with E-state index in [1.165, 1.54) is 0 Å². The Morgan fingerprint density at radius 1 is 1.20 bits per heavy atom. The molecule has 132 valence electrons. The van der Waals surface area contributed by atoms with E-state index >= 15 is 0 Å². The molecule has 2 saturated heterocycles. The van der Waals surface area contributed by atoms with Gasteiger partial charge in [0.2, 0.25) is 11.7 Å². The van der Waals surface area contributed by atoms with Crippen LogP contribution in [0.4, 0.5) is 6.01 Å². The molecule has 1 unspecified atom stereocenters. The first-order valence-electron chi connectivity index (χ1n) is 9.15. The zero-order valence-corrected chi connectivity index (χ0v) is 14.6. The van der Waals surface area contributed by atoms with Gasteiger partial charge in [-0.25, -0.2) is 0 Å². The predicted molar refractivity (Wildman–Crippen MR) is 95.1 cm³/mol. The largest absolute Gasteiger partial charge is 0.342 e. The molecule has 6 heteroatoms. The molecule has 0 saturated carbocycles. The second-order valence-electron chi connectivity index (χ2n) is 7.11. The molecule has 2 aliphatic rings. The highest BCUT2D eigenvalue weighted by atomic mass is 16.5. The monoisotopic (exact) mass is 340 g/mol. The predicted octanol–water partition coefficient (Wildman–Crippen LogP) is 2.97. The van der Waals surface area contributed by atoms with E-state index in [1.54, 1.807) is 0 Å². The van der Waals surface area contributed by atoms with E-state index in [0.717, 1.165) is 50.9 Å². The van der Waals surface area contributed by atoms with Gasteiger partial charge >= 0.3 is 6.01 Å². The molecule has 1 amide bonds. The Balaban J connectivity index is 1.51. The summed E-state index contributed by atoms with van der Waals surface area (Å²) in [6.07, 6.45) is 3.92. The molecule has 1 atom stereocenters. The number of aromatic nitrogens is 2. The minimum atomic E-state index is -0.269.